The summed E-state index contributed by atoms with van der Waals surface area (Å²) in [4.78, 5) is 35.4. The summed E-state index contributed by atoms with van der Waals surface area (Å²) >= 11 is 0. The van der Waals surface area contributed by atoms with Crippen molar-refractivity contribution in [3.63, 3.8) is 0 Å². The number of aryl methyl sites for hydroxylation is 1. The molecule has 1 amide bonds. The molecule has 0 bridgehead atoms. The third-order valence-corrected chi connectivity index (χ3v) is 5.89. The number of carbonyl (C=O) groups is 2. The van der Waals surface area contributed by atoms with Crippen LogP contribution in [0.15, 0.2) is 60.9 Å². The number of benzene rings is 2. The molecule has 1 fully saturated rings. The molecule has 3 aromatic rings. The molecule has 1 aliphatic rings. The molecule has 0 atom stereocenters. The third kappa shape index (κ3) is 5.55. The minimum atomic E-state index is -0.107. The summed E-state index contributed by atoms with van der Waals surface area (Å²) in [6.45, 7) is 4.98. The van der Waals surface area contributed by atoms with Gasteiger partial charge in [-0.25, -0.2) is 9.97 Å². The lowest BCUT2D eigenvalue weighted by Crippen LogP contribution is -2.38. The summed E-state index contributed by atoms with van der Waals surface area (Å²) in [5.74, 6) is 1.71. The Morgan fingerprint density at radius 3 is 2.48 bits per heavy atom. The lowest BCUT2D eigenvalue weighted by atomic mass is 9.95. The number of nitrogens with one attached hydrogen (secondary N) is 1. The summed E-state index contributed by atoms with van der Waals surface area (Å²) in [6, 6.07) is 15.0. The van der Waals surface area contributed by atoms with E-state index in [0.29, 0.717) is 48.9 Å². The van der Waals surface area contributed by atoms with Crippen molar-refractivity contribution in [2.75, 3.05) is 23.3 Å². The van der Waals surface area contributed by atoms with Crippen molar-refractivity contribution in [2.45, 2.75) is 33.1 Å². The molecule has 1 aromatic heterocycles. The SMILES string of the molecule is CCc1ccc(Oc2nccnc2N2CCC(C(=O)Nc3cccc(C(C)=O)c3)CC2)cc1. The van der Waals surface area contributed by atoms with E-state index in [2.05, 4.69) is 27.1 Å². The molecule has 0 saturated carbocycles. The third-order valence-electron chi connectivity index (χ3n) is 5.89. The number of aromatic nitrogens is 2. The number of anilines is 2. The molecule has 1 aliphatic heterocycles. The predicted molar refractivity (Wildman–Crippen MR) is 128 cm³/mol. The van der Waals surface area contributed by atoms with Crippen LogP contribution in [0.5, 0.6) is 11.6 Å². The van der Waals surface area contributed by atoms with Gasteiger partial charge in [0.05, 0.1) is 0 Å². The lowest BCUT2D eigenvalue weighted by molar-refractivity contribution is -0.120. The first-order valence-electron chi connectivity index (χ1n) is 11.3. The summed E-state index contributed by atoms with van der Waals surface area (Å²) in [7, 11) is 0. The molecule has 0 radical (unpaired) electrons. The molecule has 1 N–H and O–H groups in total. The van der Waals surface area contributed by atoms with E-state index < -0.39 is 0 Å². The first-order valence-corrected chi connectivity index (χ1v) is 11.3. The van der Waals surface area contributed by atoms with Crippen LogP contribution in [0.25, 0.3) is 0 Å². The molecule has 4 rings (SSSR count). The van der Waals surface area contributed by atoms with Crippen molar-refractivity contribution in [3.05, 3.63) is 72.1 Å². The van der Waals surface area contributed by atoms with Crippen LogP contribution >= 0.6 is 0 Å². The van der Waals surface area contributed by atoms with Gasteiger partial charge in [-0.3, -0.25) is 9.59 Å². The highest BCUT2D eigenvalue weighted by Gasteiger charge is 2.27. The van der Waals surface area contributed by atoms with Crippen LogP contribution in [0.2, 0.25) is 0 Å². The maximum absolute atomic E-state index is 12.8. The van der Waals surface area contributed by atoms with Gasteiger partial charge < -0.3 is 15.0 Å². The average molecular weight is 445 g/mol. The number of piperidine rings is 1. The molecular formula is C26H28N4O3. The molecule has 0 aliphatic carbocycles. The lowest BCUT2D eigenvalue weighted by Gasteiger charge is -2.32. The molecule has 2 aromatic carbocycles. The zero-order valence-electron chi connectivity index (χ0n) is 19.0. The Morgan fingerprint density at radius 2 is 1.79 bits per heavy atom. The predicted octanol–water partition coefficient (Wildman–Crippen LogP) is 4.89. The fourth-order valence-electron chi connectivity index (χ4n) is 3.93. The van der Waals surface area contributed by atoms with E-state index in [1.807, 2.05) is 24.3 Å². The van der Waals surface area contributed by atoms with Gasteiger partial charge in [-0.05, 0) is 56.0 Å². The summed E-state index contributed by atoms with van der Waals surface area (Å²) in [5, 5.41) is 2.95. The number of nitrogens with zero attached hydrogens (tertiary/aromatic N) is 3. The molecule has 7 nitrogen and oxygen atoms in total. The molecule has 7 heteroatoms. The Balaban J connectivity index is 1.38. The summed E-state index contributed by atoms with van der Waals surface area (Å²) < 4.78 is 6.02. The Labute approximate surface area is 193 Å². The summed E-state index contributed by atoms with van der Waals surface area (Å²) in [6.07, 6.45) is 5.64. The second-order valence-electron chi connectivity index (χ2n) is 8.17. The Kier molecular flexibility index (Phi) is 6.98. The number of Topliss-reactive ketones (excluding diaryl/α,β-unsaturated/α-hetero) is 1. The molecule has 33 heavy (non-hydrogen) atoms. The number of ether oxygens (including phenoxy) is 1. The first-order chi connectivity index (χ1) is 16.0. The zero-order chi connectivity index (χ0) is 23.2. The normalized spacial score (nSPS) is 14.1. The van der Waals surface area contributed by atoms with Crippen molar-refractivity contribution in [2.24, 2.45) is 5.92 Å². The topological polar surface area (TPSA) is 84.4 Å². The van der Waals surface area contributed by atoms with Crippen molar-refractivity contribution < 1.29 is 14.3 Å². The highest BCUT2D eigenvalue weighted by molar-refractivity contribution is 5.97. The largest absolute Gasteiger partial charge is 0.436 e. The van der Waals surface area contributed by atoms with Crippen LogP contribution in [-0.2, 0) is 11.2 Å². The van der Waals surface area contributed by atoms with E-state index >= 15 is 0 Å². The smallest absolute Gasteiger partial charge is 0.263 e. The molecular weight excluding hydrogens is 416 g/mol. The van der Waals surface area contributed by atoms with Crippen LogP contribution in [0.1, 0.15) is 42.6 Å². The molecule has 0 unspecified atom stereocenters. The fraction of sp³-hybridized carbons (Fsp3) is 0.308. The van der Waals surface area contributed by atoms with Crippen LogP contribution in [-0.4, -0.2) is 34.7 Å². The number of hydrogen-bond acceptors (Lipinski definition) is 6. The Hall–Kier alpha value is -3.74. The zero-order valence-corrected chi connectivity index (χ0v) is 19.0. The summed E-state index contributed by atoms with van der Waals surface area (Å²) in [5.41, 5.74) is 2.48. The van der Waals surface area contributed by atoms with E-state index in [1.165, 1.54) is 12.5 Å². The van der Waals surface area contributed by atoms with Gasteiger partial charge in [0.15, 0.2) is 11.6 Å². The van der Waals surface area contributed by atoms with E-state index in [-0.39, 0.29) is 17.6 Å². The van der Waals surface area contributed by atoms with Crippen molar-refractivity contribution >= 4 is 23.2 Å². The fourth-order valence-corrected chi connectivity index (χ4v) is 3.93. The Bertz CT molecular complexity index is 1120. The maximum atomic E-state index is 12.8. The highest BCUT2D eigenvalue weighted by Crippen LogP contribution is 2.31. The van der Waals surface area contributed by atoms with Gasteiger partial charge >= 0.3 is 0 Å². The van der Waals surface area contributed by atoms with E-state index in [0.717, 1.165) is 12.2 Å². The van der Waals surface area contributed by atoms with Gasteiger partial charge in [0, 0.05) is 42.7 Å². The van der Waals surface area contributed by atoms with E-state index in [4.69, 9.17) is 4.74 Å². The van der Waals surface area contributed by atoms with Gasteiger partial charge in [-0.15, -0.1) is 0 Å². The quantitative estimate of drug-likeness (QED) is 0.523. The van der Waals surface area contributed by atoms with Crippen LogP contribution in [0.4, 0.5) is 11.5 Å². The standard InChI is InChI=1S/C26H28N4O3/c1-3-19-7-9-23(10-8-19)33-26-24(27-13-14-28-26)30-15-11-20(12-16-30)25(32)29-22-6-4-5-21(17-22)18(2)31/h4-10,13-14,17,20H,3,11-12,15-16H2,1-2H3,(H,29,32). The highest BCUT2D eigenvalue weighted by atomic mass is 16.5. The van der Waals surface area contributed by atoms with Crippen LogP contribution in [0, 0.1) is 5.92 Å². The minimum absolute atomic E-state index is 0.0253. The number of amides is 1. The second kappa shape index (κ2) is 10.3. The van der Waals surface area contributed by atoms with Gasteiger partial charge in [-0.2, -0.15) is 0 Å². The van der Waals surface area contributed by atoms with Gasteiger partial charge in [0.1, 0.15) is 5.75 Å². The van der Waals surface area contributed by atoms with Crippen molar-refractivity contribution in [1.82, 2.24) is 9.97 Å². The minimum Gasteiger partial charge on any atom is -0.436 e. The second-order valence-corrected chi connectivity index (χ2v) is 8.17. The van der Waals surface area contributed by atoms with Gasteiger partial charge in [0.2, 0.25) is 5.91 Å². The average Bonchev–Trinajstić information content (AvgIpc) is 2.85. The van der Waals surface area contributed by atoms with Crippen molar-refractivity contribution in [1.29, 1.82) is 0 Å². The first kappa shape index (κ1) is 22.5. The van der Waals surface area contributed by atoms with E-state index in [1.54, 1.807) is 36.7 Å². The van der Waals surface area contributed by atoms with Gasteiger partial charge in [-0.1, -0.05) is 31.2 Å². The number of ketones is 1. The molecule has 0 spiro atoms. The molecule has 2 heterocycles. The molecule has 170 valence electrons. The number of carbonyl (C=O) groups excluding carboxylic acids is 2. The molecule has 1 saturated heterocycles. The Morgan fingerprint density at radius 1 is 1.06 bits per heavy atom. The van der Waals surface area contributed by atoms with E-state index in [9.17, 15) is 9.59 Å². The monoisotopic (exact) mass is 444 g/mol. The van der Waals surface area contributed by atoms with Crippen molar-refractivity contribution in [3.8, 4) is 11.6 Å². The van der Waals surface area contributed by atoms with Crippen LogP contribution < -0.4 is 15.0 Å². The van der Waals surface area contributed by atoms with Gasteiger partial charge in [0.25, 0.3) is 5.88 Å². The van der Waals surface area contributed by atoms with Crippen LogP contribution in [0.3, 0.4) is 0 Å². The number of rotatable bonds is 7. The number of hydrogen-bond donors (Lipinski definition) is 1. The maximum Gasteiger partial charge on any atom is 0.263 e.